The van der Waals surface area contributed by atoms with E-state index in [1.165, 1.54) is 29.7 Å². The summed E-state index contributed by atoms with van der Waals surface area (Å²) < 4.78 is 6.49. The molecule has 2 rings (SSSR count). The lowest BCUT2D eigenvalue weighted by molar-refractivity contribution is -0.143. The number of carbonyl (C=O) groups excluding carboxylic acids is 2. The first-order valence-electron chi connectivity index (χ1n) is 8.55. The second kappa shape index (κ2) is 10.4. The smallest absolute Gasteiger partial charge is 0.326 e. The molecule has 0 aliphatic carbocycles. The molecular formula is C18H23N5O3S. The highest BCUT2D eigenvalue weighted by Gasteiger charge is 2.19. The number of amides is 1. The number of esters is 1. The van der Waals surface area contributed by atoms with Gasteiger partial charge in [0.05, 0.1) is 12.9 Å². The number of imidazole rings is 1. The molecule has 2 N–H and O–H groups in total. The monoisotopic (exact) mass is 389 g/mol. The maximum absolute atomic E-state index is 12.2. The van der Waals surface area contributed by atoms with Crippen molar-refractivity contribution in [2.45, 2.75) is 20.4 Å². The number of nitrogens with one attached hydrogen (secondary N) is 2. The Hall–Kier alpha value is -2.81. The number of hydrogen-bond donors (Lipinski definition) is 2. The zero-order chi connectivity index (χ0) is 19.6. The molecule has 0 unspecified atom stereocenters. The van der Waals surface area contributed by atoms with E-state index in [-0.39, 0.29) is 24.8 Å². The van der Waals surface area contributed by atoms with Gasteiger partial charge in [0.15, 0.2) is 16.7 Å². The molecule has 27 heavy (non-hydrogen) atoms. The zero-order valence-corrected chi connectivity index (χ0v) is 16.4. The van der Waals surface area contributed by atoms with Crippen molar-refractivity contribution in [2.75, 3.05) is 24.7 Å². The van der Waals surface area contributed by atoms with Crippen molar-refractivity contribution < 1.29 is 14.3 Å². The van der Waals surface area contributed by atoms with Crippen LogP contribution in [0.25, 0.3) is 0 Å². The van der Waals surface area contributed by atoms with Crippen LogP contribution in [0.15, 0.2) is 41.7 Å². The molecule has 8 nitrogen and oxygen atoms in total. The van der Waals surface area contributed by atoms with Crippen LogP contribution < -0.4 is 10.6 Å². The normalized spacial score (nSPS) is 11.1. The third-order valence-electron chi connectivity index (χ3n) is 3.37. The topological polar surface area (TPSA) is 97.6 Å². The van der Waals surface area contributed by atoms with Gasteiger partial charge >= 0.3 is 5.97 Å². The number of aliphatic imine (C=N–C) groups is 1. The van der Waals surface area contributed by atoms with Crippen LogP contribution in [0.4, 0.5) is 11.5 Å². The predicted octanol–water partition coefficient (Wildman–Crippen LogP) is 2.66. The molecule has 9 heteroatoms. The van der Waals surface area contributed by atoms with Gasteiger partial charge in [-0.3, -0.25) is 9.59 Å². The van der Waals surface area contributed by atoms with Crippen molar-refractivity contribution in [2.24, 2.45) is 4.99 Å². The Balaban J connectivity index is 2.40. The molecule has 1 aromatic heterocycles. The van der Waals surface area contributed by atoms with E-state index >= 15 is 0 Å². The van der Waals surface area contributed by atoms with Crippen molar-refractivity contribution in [3.8, 4) is 0 Å². The second-order valence-corrected chi connectivity index (χ2v) is 6.52. The van der Waals surface area contributed by atoms with Crippen LogP contribution in [0.1, 0.15) is 24.3 Å². The highest BCUT2D eigenvalue weighted by Crippen LogP contribution is 2.22. The lowest BCUT2D eigenvalue weighted by Gasteiger charge is -2.11. The first-order valence-corrected chi connectivity index (χ1v) is 9.53. The minimum Gasteiger partial charge on any atom is -0.465 e. The maximum atomic E-state index is 12.2. The summed E-state index contributed by atoms with van der Waals surface area (Å²) in [4.78, 5) is 32.7. The van der Waals surface area contributed by atoms with Crippen LogP contribution in [-0.4, -0.2) is 46.0 Å². The number of rotatable bonds is 7. The Morgan fingerprint density at radius 3 is 2.63 bits per heavy atom. The minimum absolute atomic E-state index is 0.0773. The summed E-state index contributed by atoms with van der Waals surface area (Å²) in [6.45, 7) is 3.94. The third kappa shape index (κ3) is 5.85. The molecule has 2 aromatic rings. The summed E-state index contributed by atoms with van der Waals surface area (Å²) in [5, 5.41) is 6.37. The first kappa shape index (κ1) is 20.5. The van der Waals surface area contributed by atoms with E-state index in [4.69, 9.17) is 4.74 Å². The molecule has 144 valence electrons. The molecule has 0 saturated heterocycles. The molecule has 0 aliphatic heterocycles. The highest BCUT2D eigenvalue weighted by atomic mass is 32.2. The molecule has 0 atom stereocenters. The summed E-state index contributed by atoms with van der Waals surface area (Å²) in [6.07, 6.45) is 1.41. The first-order chi connectivity index (χ1) is 13.1. The average Bonchev–Trinajstić information content (AvgIpc) is 3.04. The largest absolute Gasteiger partial charge is 0.465 e. The van der Waals surface area contributed by atoms with Crippen molar-refractivity contribution in [1.29, 1.82) is 0 Å². The number of amidine groups is 1. The zero-order valence-electron chi connectivity index (χ0n) is 15.6. The SMILES string of the molecule is CCOC(=O)Cn1cnc(C(=O)NC)c1N=C(Nc1ccccc1)SCC. The Kier molecular flexibility index (Phi) is 7.87. The van der Waals surface area contributed by atoms with E-state index in [0.717, 1.165) is 11.4 Å². The van der Waals surface area contributed by atoms with Gasteiger partial charge in [0.2, 0.25) is 0 Å². The molecule has 1 amide bonds. The minimum atomic E-state index is -0.421. The Labute approximate surface area is 162 Å². The molecule has 0 fully saturated rings. The standard InChI is InChI=1S/C18H23N5O3S/c1-4-26-14(24)11-23-12-20-15(17(25)19-3)16(23)22-18(27-5-2)21-13-9-7-6-8-10-13/h6-10,12H,4-5,11H2,1-3H3,(H,19,25)(H,21,22). The fraction of sp³-hybridized carbons (Fsp3) is 0.333. The predicted molar refractivity (Wildman–Crippen MR) is 108 cm³/mol. The molecule has 0 aliphatic rings. The van der Waals surface area contributed by atoms with Gasteiger partial charge in [0.1, 0.15) is 6.54 Å². The van der Waals surface area contributed by atoms with Crippen LogP contribution in [0, 0.1) is 0 Å². The van der Waals surface area contributed by atoms with E-state index in [1.807, 2.05) is 37.3 Å². The van der Waals surface area contributed by atoms with Gasteiger partial charge in [-0.25, -0.2) is 9.98 Å². The summed E-state index contributed by atoms with van der Waals surface area (Å²) in [5.74, 6) is 0.272. The number of anilines is 1. The van der Waals surface area contributed by atoms with E-state index in [0.29, 0.717) is 11.0 Å². The fourth-order valence-corrected chi connectivity index (χ4v) is 2.82. The quantitative estimate of drug-likeness (QED) is 0.429. The number of benzene rings is 1. The van der Waals surface area contributed by atoms with Crippen molar-refractivity contribution in [3.05, 3.63) is 42.4 Å². The second-order valence-electron chi connectivity index (χ2n) is 5.27. The Morgan fingerprint density at radius 1 is 1.26 bits per heavy atom. The van der Waals surface area contributed by atoms with Crippen LogP contribution >= 0.6 is 11.8 Å². The number of ether oxygens (including phenoxy) is 1. The number of hydrogen-bond acceptors (Lipinski definition) is 6. The molecule has 0 bridgehead atoms. The van der Waals surface area contributed by atoms with Gasteiger partial charge < -0.3 is 19.9 Å². The van der Waals surface area contributed by atoms with Crippen LogP contribution in [-0.2, 0) is 16.1 Å². The lowest BCUT2D eigenvalue weighted by Crippen LogP contribution is -2.19. The summed E-state index contributed by atoms with van der Waals surface area (Å²) in [6, 6.07) is 9.59. The van der Waals surface area contributed by atoms with Crippen molar-refractivity contribution in [1.82, 2.24) is 14.9 Å². The molecule has 0 radical (unpaired) electrons. The number of thioether (sulfide) groups is 1. The van der Waals surface area contributed by atoms with E-state index in [9.17, 15) is 9.59 Å². The maximum Gasteiger partial charge on any atom is 0.326 e. The fourth-order valence-electron chi connectivity index (χ4n) is 2.21. The van der Waals surface area contributed by atoms with Crippen molar-refractivity contribution in [3.63, 3.8) is 0 Å². The van der Waals surface area contributed by atoms with Gasteiger partial charge in [-0.1, -0.05) is 36.9 Å². The number of para-hydroxylation sites is 1. The molecule has 1 heterocycles. The highest BCUT2D eigenvalue weighted by molar-refractivity contribution is 8.14. The summed E-state index contributed by atoms with van der Waals surface area (Å²) in [7, 11) is 1.52. The van der Waals surface area contributed by atoms with Gasteiger partial charge in [-0.15, -0.1) is 0 Å². The van der Waals surface area contributed by atoms with Crippen LogP contribution in [0.3, 0.4) is 0 Å². The molecule has 0 saturated carbocycles. The number of carbonyl (C=O) groups is 2. The van der Waals surface area contributed by atoms with Gasteiger partial charge in [-0.2, -0.15) is 0 Å². The molecular weight excluding hydrogens is 366 g/mol. The third-order valence-corrected chi connectivity index (χ3v) is 4.13. The van der Waals surface area contributed by atoms with Crippen LogP contribution in [0.5, 0.6) is 0 Å². The lowest BCUT2D eigenvalue weighted by atomic mass is 10.3. The molecule has 1 aromatic carbocycles. The van der Waals surface area contributed by atoms with Gasteiger partial charge in [-0.05, 0) is 24.8 Å². The average molecular weight is 389 g/mol. The summed E-state index contributed by atoms with van der Waals surface area (Å²) >= 11 is 1.49. The Bertz CT molecular complexity index is 805. The van der Waals surface area contributed by atoms with Crippen molar-refractivity contribution >= 4 is 40.3 Å². The number of aromatic nitrogens is 2. The van der Waals surface area contributed by atoms with Gasteiger partial charge in [0.25, 0.3) is 5.91 Å². The van der Waals surface area contributed by atoms with Crippen LogP contribution in [0.2, 0.25) is 0 Å². The van der Waals surface area contributed by atoms with E-state index in [1.54, 1.807) is 6.92 Å². The number of nitrogens with zero attached hydrogens (tertiary/aromatic N) is 3. The van der Waals surface area contributed by atoms with E-state index < -0.39 is 5.97 Å². The molecule has 0 spiro atoms. The Morgan fingerprint density at radius 2 is 2.00 bits per heavy atom. The van der Waals surface area contributed by atoms with Gasteiger partial charge in [0, 0.05) is 12.7 Å². The summed E-state index contributed by atoms with van der Waals surface area (Å²) in [5.41, 5.74) is 1.01. The van der Waals surface area contributed by atoms with E-state index in [2.05, 4.69) is 20.6 Å².